The zero-order valence-electron chi connectivity index (χ0n) is 7.82. The number of methoxy groups -OCH3 is 1. The fourth-order valence-electron chi connectivity index (χ4n) is 1.04. The van der Waals surface area contributed by atoms with Crippen molar-refractivity contribution in [3.8, 4) is 0 Å². The van der Waals surface area contributed by atoms with Gasteiger partial charge in [0, 0.05) is 13.2 Å². The van der Waals surface area contributed by atoms with Gasteiger partial charge >= 0.3 is 32.7 Å². The van der Waals surface area contributed by atoms with Gasteiger partial charge in [-0.25, -0.2) is 6.08 Å². The Labute approximate surface area is 99.5 Å². The maximum Gasteiger partial charge on any atom is 3.00 e. The van der Waals surface area contributed by atoms with Crippen LogP contribution in [0.3, 0.4) is 0 Å². The molecule has 0 amide bonds. The molecule has 0 aromatic carbocycles. The van der Waals surface area contributed by atoms with Gasteiger partial charge < -0.3 is 9.64 Å². The van der Waals surface area contributed by atoms with Crippen molar-refractivity contribution in [1.29, 1.82) is 0 Å². The minimum absolute atomic E-state index is 0. The van der Waals surface area contributed by atoms with Crippen molar-refractivity contribution in [3.05, 3.63) is 30.7 Å². The van der Waals surface area contributed by atoms with E-state index in [1.165, 1.54) is 0 Å². The van der Waals surface area contributed by atoms with Crippen LogP contribution in [0.1, 0.15) is 13.8 Å². The van der Waals surface area contributed by atoms with Crippen LogP contribution >= 0.6 is 0 Å². The quantitative estimate of drug-likeness (QED) is 0.685. The van der Waals surface area contributed by atoms with Crippen molar-refractivity contribution in [1.82, 2.24) is 4.90 Å². The number of nitrogens with zero attached hydrogens (tertiary/aromatic N) is 1. The Morgan fingerprint density at radius 1 is 1.33 bits per heavy atom. The zero-order chi connectivity index (χ0) is 8.27. The minimum atomic E-state index is 0. The second kappa shape index (κ2) is 5.79. The Bertz CT molecular complexity index is 177. The van der Waals surface area contributed by atoms with Gasteiger partial charge in [0.1, 0.15) is 0 Å². The summed E-state index contributed by atoms with van der Waals surface area (Å²) in [6.45, 7) is 4.26. The molecule has 0 unspecified atom stereocenters. The number of allylic oxidation sites excluding steroid dienone is 2. The Morgan fingerprint density at radius 3 is 2.42 bits per heavy atom. The third-order valence-corrected chi connectivity index (χ3v) is 1.62. The molecule has 2 nitrogen and oxygen atoms in total. The summed E-state index contributed by atoms with van der Waals surface area (Å²) in [5.74, 6) is 0. The Balaban J connectivity index is 0.00000121. The average molecular weight is 241 g/mol. The van der Waals surface area contributed by atoms with Crippen LogP contribution in [0.4, 0.5) is 0 Å². The van der Waals surface area contributed by atoms with E-state index in [9.17, 15) is 0 Å². The Morgan fingerprint density at radius 2 is 2.00 bits per heavy atom. The van der Waals surface area contributed by atoms with Gasteiger partial charge in [0.05, 0.1) is 0 Å². The average Bonchev–Trinajstić information content (AvgIpc) is 2.04. The molecule has 0 saturated carbocycles. The van der Waals surface area contributed by atoms with Crippen LogP contribution < -0.4 is 0 Å². The van der Waals surface area contributed by atoms with E-state index in [0.29, 0.717) is 6.04 Å². The molecule has 1 heterocycles. The number of hydrogen-bond acceptors (Lipinski definition) is 2. The predicted molar refractivity (Wildman–Crippen MR) is 45.5 cm³/mol. The molecule has 62 valence electrons. The van der Waals surface area contributed by atoms with E-state index < -0.39 is 0 Å². The molecule has 12 heavy (non-hydrogen) atoms. The summed E-state index contributed by atoms with van der Waals surface area (Å²) in [6, 6.07) is 0.450. The van der Waals surface area contributed by atoms with Crippen molar-refractivity contribution in [2.24, 2.45) is 0 Å². The maximum atomic E-state index is 5.17. The smallest absolute Gasteiger partial charge is 0.422 e. The van der Waals surface area contributed by atoms with Crippen LogP contribution in [0.25, 0.3) is 0 Å². The number of rotatable bonds is 2. The van der Waals surface area contributed by atoms with E-state index in [1.54, 1.807) is 7.11 Å². The van der Waals surface area contributed by atoms with Crippen molar-refractivity contribution >= 4 is 0 Å². The summed E-state index contributed by atoms with van der Waals surface area (Å²) >= 11 is 0. The molecule has 3 heteroatoms. The molecule has 0 N–H and O–H groups in total. The van der Waals surface area contributed by atoms with Gasteiger partial charge in [-0.05, 0) is 26.3 Å². The molecular formula is C9H14NOY+2. The van der Waals surface area contributed by atoms with Crippen LogP contribution in [-0.4, -0.2) is 18.1 Å². The Hall–Kier alpha value is 0.214. The van der Waals surface area contributed by atoms with Gasteiger partial charge in [0.15, 0.2) is 0 Å². The molecule has 0 aromatic heterocycles. The Kier molecular flexibility index (Phi) is 5.89. The maximum absolute atomic E-state index is 5.17. The molecular weight excluding hydrogens is 227 g/mol. The van der Waals surface area contributed by atoms with E-state index in [0.717, 1.165) is 6.23 Å². The standard InChI is InChI=1S/C9H14NO.Y/c1-8(2)10-7-5-4-6-9(10)11-3;/h4-8H,1-3H3;/q-1;+3. The van der Waals surface area contributed by atoms with E-state index in [-0.39, 0.29) is 32.7 Å². The summed E-state index contributed by atoms with van der Waals surface area (Å²) in [7, 11) is 1.69. The summed E-state index contributed by atoms with van der Waals surface area (Å²) in [6.07, 6.45) is 8.85. The van der Waals surface area contributed by atoms with Gasteiger partial charge in [-0.2, -0.15) is 6.08 Å². The monoisotopic (exact) mass is 241 g/mol. The fourth-order valence-corrected chi connectivity index (χ4v) is 1.04. The van der Waals surface area contributed by atoms with E-state index >= 15 is 0 Å². The van der Waals surface area contributed by atoms with Gasteiger partial charge in [0.25, 0.3) is 0 Å². The van der Waals surface area contributed by atoms with Crippen LogP contribution in [0.15, 0.2) is 24.4 Å². The van der Waals surface area contributed by atoms with Gasteiger partial charge in [0.2, 0.25) is 0 Å². The number of ether oxygens (including phenoxy) is 1. The van der Waals surface area contributed by atoms with Gasteiger partial charge in [-0.1, -0.05) is 0 Å². The van der Waals surface area contributed by atoms with Crippen molar-refractivity contribution in [3.63, 3.8) is 0 Å². The largest absolute Gasteiger partial charge is 3.00 e. The number of hydrogen-bond donors (Lipinski definition) is 0. The summed E-state index contributed by atoms with van der Waals surface area (Å²) < 4.78 is 5.17. The molecule has 0 atom stereocenters. The van der Waals surface area contributed by atoms with E-state index in [1.807, 2.05) is 24.4 Å². The molecule has 1 rings (SSSR count). The fraction of sp³-hybridized carbons (Fsp3) is 0.444. The minimum Gasteiger partial charge on any atom is -0.422 e. The first-order valence-electron chi connectivity index (χ1n) is 3.80. The summed E-state index contributed by atoms with van der Waals surface area (Å²) in [5, 5.41) is 0. The first-order valence-corrected chi connectivity index (χ1v) is 3.80. The molecule has 0 aromatic rings. The van der Waals surface area contributed by atoms with Gasteiger partial charge in [-0.15, -0.1) is 6.08 Å². The van der Waals surface area contributed by atoms with Crippen molar-refractivity contribution in [2.45, 2.75) is 19.9 Å². The van der Waals surface area contributed by atoms with Crippen LogP contribution in [0.2, 0.25) is 0 Å². The summed E-state index contributed by atoms with van der Waals surface area (Å²) in [5.41, 5.74) is 0. The SMILES string of the molecule is CO[C-]1C=CC=CN1C(C)C.[Y+3]. The second-order valence-electron chi connectivity index (χ2n) is 2.74. The normalized spacial score (nSPS) is 15.3. The van der Waals surface area contributed by atoms with Crippen LogP contribution in [-0.2, 0) is 37.4 Å². The molecule has 0 aliphatic carbocycles. The second-order valence-corrected chi connectivity index (χ2v) is 2.74. The third kappa shape index (κ3) is 2.93. The first-order chi connectivity index (χ1) is 5.25. The van der Waals surface area contributed by atoms with Crippen LogP contribution in [0.5, 0.6) is 0 Å². The van der Waals surface area contributed by atoms with Crippen molar-refractivity contribution < 1.29 is 37.4 Å². The third-order valence-electron chi connectivity index (χ3n) is 1.62. The predicted octanol–water partition coefficient (Wildman–Crippen LogP) is 1.91. The molecule has 1 aliphatic rings. The summed E-state index contributed by atoms with van der Waals surface area (Å²) in [4.78, 5) is 2.08. The molecule has 0 bridgehead atoms. The molecule has 0 saturated heterocycles. The zero-order valence-corrected chi connectivity index (χ0v) is 10.7. The van der Waals surface area contributed by atoms with Crippen LogP contribution in [0, 0.1) is 6.23 Å². The van der Waals surface area contributed by atoms with Gasteiger partial charge in [-0.3, -0.25) is 0 Å². The topological polar surface area (TPSA) is 12.5 Å². The first kappa shape index (κ1) is 12.2. The molecule has 0 fully saturated rings. The van der Waals surface area contributed by atoms with E-state index in [4.69, 9.17) is 4.74 Å². The molecule has 0 spiro atoms. The molecule has 1 aliphatic heterocycles. The molecule has 0 radical (unpaired) electrons. The van der Waals surface area contributed by atoms with Crippen molar-refractivity contribution in [2.75, 3.05) is 7.11 Å². The van der Waals surface area contributed by atoms with E-state index in [2.05, 4.69) is 18.7 Å².